The maximum absolute atomic E-state index is 12.8. The number of nitrogens with zero attached hydrogens (tertiary/aromatic N) is 4. The molecule has 2 atom stereocenters. The lowest BCUT2D eigenvalue weighted by atomic mass is 10.0. The number of aromatic nitrogens is 3. The first-order valence-corrected chi connectivity index (χ1v) is 14.3. The summed E-state index contributed by atoms with van der Waals surface area (Å²) in [6.07, 6.45) is 3.42. The van der Waals surface area contributed by atoms with Gasteiger partial charge < -0.3 is 21.9 Å². The zero-order valence-corrected chi connectivity index (χ0v) is 22.7. The van der Waals surface area contributed by atoms with Crippen molar-refractivity contribution in [3.05, 3.63) is 51.9 Å². The van der Waals surface area contributed by atoms with Crippen LogP contribution >= 0.6 is 58.5 Å². The van der Waals surface area contributed by atoms with Gasteiger partial charge in [0.25, 0.3) is 5.91 Å². The topological polar surface area (TPSA) is 177 Å². The highest BCUT2D eigenvalue weighted by molar-refractivity contribution is 8.00. The molecule has 6 N–H and O–H groups in total. The van der Waals surface area contributed by atoms with Gasteiger partial charge in [0.15, 0.2) is 5.16 Å². The van der Waals surface area contributed by atoms with Gasteiger partial charge in [-0.1, -0.05) is 47.1 Å². The number of thioether (sulfide) groups is 3. The minimum Gasteiger partial charge on any atom is -0.477 e. The number of carbonyl (C=O) groups excluding carboxylic acids is 2. The average molecular weight is 601 g/mol. The van der Waals surface area contributed by atoms with E-state index in [-0.39, 0.29) is 39.3 Å². The minimum absolute atomic E-state index is 0.0214. The van der Waals surface area contributed by atoms with Gasteiger partial charge in [-0.25, -0.2) is 19.7 Å². The Morgan fingerprint density at radius 2 is 1.84 bits per heavy atom. The number of anilines is 2. The predicted molar refractivity (Wildman–Crippen MR) is 145 cm³/mol. The Hall–Kier alpha value is -2.65. The second-order valence-electron chi connectivity index (χ2n) is 7.58. The van der Waals surface area contributed by atoms with Crippen LogP contribution in [0.4, 0.5) is 11.6 Å². The summed E-state index contributed by atoms with van der Waals surface area (Å²) in [5, 5.41) is 12.8. The van der Waals surface area contributed by atoms with E-state index < -0.39 is 23.3 Å². The van der Waals surface area contributed by atoms with Crippen molar-refractivity contribution in [1.82, 2.24) is 25.2 Å². The van der Waals surface area contributed by atoms with Crippen LogP contribution < -0.4 is 16.8 Å². The molecule has 1 saturated heterocycles. The molecule has 0 unspecified atom stereocenters. The average Bonchev–Trinajstić information content (AvgIpc) is 2.82. The van der Waals surface area contributed by atoms with Crippen molar-refractivity contribution < 1.29 is 19.5 Å². The summed E-state index contributed by atoms with van der Waals surface area (Å²) in [5.74, 6) is -0.746. The van der Waals surface area contributed by atoms with Gasteiger partial charge in [-0.3, -0.25) is 14.5 Å². The molecule has 2 aliphatic heterocycles. The third-order valence-electron chi connectivity index (χ3n) is 5.00. The highest BCUT2D eigenvalue weighted by Gasteiger charge is 2.53. The molecule has 11 nitrogen and oxygen atoms in total. The van der Waals surface area contributed by atoms with Gasteiger partial charge in [0.05, 0.1) is 5.75 Å². The van der Waals surface area contributed by atoms with Crippen LogP contribution in [0.15, 0.2) is 51.7 Å². The summed E-state index contributed by atoms with van der Waals surface area (Å²) in [6.45, 7) is 0. The monoisotopic (exact) mass is 599 g/mol. The quantitative estimate of drug-likeness (QED) is 0.143. The standard InChI is InChI=1S/C21H19Cl2N7O4S3/c22-11-4-10(5-12(23)26-11)36-8-15(31)29-16-18(32)30-17(20(33)34)9(7-37-19(16)30)2-1-3-35-21-27-13(24)6-14(25)28-21/h1-2,4-6,16,19H,3,7-8H2,(H,29,31)(H,33,34)(H4,24,25,27,28)/b2-1+/t16-,19-/m1/s1. The van der Waals surface area contributed by atoms with Crippen LogP contribution in [-0.2, 0) is 14.4 Å². The highest BCUT2D eigenvalue weighted by atomic mass is 35.5. The molecular formula is C21H19Cl2N7O4S3. The van der Waals surface area contributed by atoms with E-state index in [1.165, 1.54) is 46.3 Å². The number of halogens is 2. The number of amides is 2. The molecular weight excluding hydrogens is 581 g/mol. The number of nitrogens with two attached hydrogens (primary N) is 2. The first-order valence-electron chi connectivity index (χ1n) is 10.5. The summed E-state index contributed by atoms with van der Waals surface area (Å²) in [6, 6.07) is 3.79. The molecule has 2 aromatic heterocycles. The number of β-lactam (4-membered cyclic amide) rings is 1. The highest BCUT2D eigenvalue weighted by Crippen LogP contribution is 2.40. The second kappa shape index (κ2) is 11.8. The van der Waals surface area contributed by atoms with Crippen molar-refractivity contribution in [2.45, 2.75) is 21.5 Å². The van der Waals surface area contributed by atoms with Gasteiger partial charge in [-0.05, 0) is 17.7 Å². The zero-order chi connectivity index (χ0) is 26.7. The van der Waals surface area contributed by atoms with Gasteiger partial charge in [0.2, 0.25) is 5.91 Å². The van der Waals surface area contributed by atoms with Crippen LogP contribution in [0.25, 0.3) is 0 Å². The van der Waals surface area contributed by atoms with Crippen LogP contribution in [0.5, 0.6) is 0 Å². The lowest BCUT2D eigenvalue weighted by molar-refractivity contribution is -0.150. The molecule has 0 radical (unpaired) electrons. The Bertz CT molecular complexity index is 1290. The predicted octanol–water partition coefficient (Wildman–Crippen LogP) is 2.52. The van der Waals surface area contributed by atoms with Crippen LogP contribution in [0.1, 0.15) is 0 Å². The number of hydrogen-bond acceptors (Lipinski definition) is 11. The molecule has 1 fully saturated rings. The van der Waals surface area contributed by atoms with Crippen molar-refractivity contribution in [2.75, 3.05) is 28.7 Å². The van der Waals surface area contributed by atoms with E-state index in [1.807, 2.05) is 0 Å². The zero-order valence-electron chi connectivity index (χ0n) is 18.8. The minimum atomic E-state index is -1.22. The fraction of sp³-hybridized carbons (Fsp3) is 0.238. The van der Waals surface area contributed by atoms with Crippen LogP contribution in [0.2, 0.25) is 10.3 Å². The van der Waals surface area contributed by atoms with E-state index in [1.54, 1.807) is 24.3 Å². The number of hydrogen-bond donors (Lipinski definition) is 4. The Morgan fingerprint density at radius 3 is 2.49 bits per heavy atom. The number of nitrogen functional groups attached to an aromatic ring is 2. The first kappa shape index (κ1) is 27.4. The van der Waals surface area contributed by atoms with Crippen molar-refractivity contribution >= 4 is 87.9 Å². The Balaban J connectivity index is 1.36. The Labute approximate surface area is 233 Å². The van der Waals surface area contributed by atoms with E-state index in [0.717, 1.165) is 0 Å². The molecule has 2 aliphatic rings. The van der Waals surface area contributed by atoms with Crippen LogP contribution in [0, 0.1) is 0 Å². The third-order valence-corrected chi connectivity index (χ3v) is 8.46. The van der Waals surface area contributed by atoms with Crippen molar-refractivity contribution in [3.63, 3.8) is 0 Å². The molecule has 2 aromatic rings. The van der Waals surface area contributed by atoms with E-state index in [4.69, 9.17) is 34.7 Å². The molecule has 4 rings (SSSR count). The van der Waals surface area contributed by atoms with Crippen molar-refractivity contribution in [2.24, 2.45) is 0 Å². The Morgan fingerprint density at radius 1 is 1.16 bits per heavy atom. The first-order chi connectivity index (χ1) is 17.6. The number of carboxylic acid groups (broad SMARTS) is 1. The molecule has 4 heterocycles. The second-order valence-corrected chi connectivity index (χ2v) is 11.5. The van der Waals surface area contributed by atoms with E-state index in [0.29, 0.717) is 27.1 Å². The van der Waals surface area contributed by atoms with Gasteiger partial charge in [-0.15, -0.1) is 23.5 Å². The Kier molecular flexibility index (Phi) is 8.75. The molecule has 0 aromatic carbocycles. The lowest BCUT2D eigenvalue weighted by Gasteiger charge is -2.49. The number of rotatable bonds is 9. The summed E-state index contributed by atoms with van der Waals surface area (Å²) in [7, 11) is 0. The molecule has 0 spiro atoms. The smallest absolute Gasteiger partial charge is 0.352 e. The van der Waals surface area contributed by atoms with Gasteiger partial charge in [0, 0.05) is 22.5 Å². The van der Waals surface area contributed by atoms with Gasteiger partial charge in [0.1, 0.15) is 39.1 Å². The SMILES string of the molecule is Nc1cc(N)nc(SC/C=C/C2=C(C(=O)O)N3C(=O)[C@@H](NC(=O)CSc4cc(Cl)nc(Cl)c4)[C@H]3SC2)n1. The van der Waals surface area contributed by atoms with Gasteiger partial charge >= 0.3 is 5.97 Å². The van der Waals surface area contributed by atoms with Crippen LogP contribution in [-0.4, -0.2) is 71.4 Å². The number of carboxylic acids is 1. The summed E-state index contributed by atoms with van der Waals surface area (Å²) in [5.41, 5.74) is 11.7. The molecule has 0 aliphatic carbocycles. The number of fused-ring (bicyclic) bond motifs is 1. The number of allylic oxidation sites excluding steroid dienone is 1. The maximum Gasteiger partial charge on any atom is 0.352 e. The molecule has 0 bridgehead atoms. The molecule has 0 saturated carbocycles. The summed E-state index contributed by atoms with van der Waals surface area (Å²) < 4.78 is 0. The lowest BCUT2D eigenvalue weighted by Crippen LogP contribution is -2.70. The molecule has 37 heavy (non-hydrogen) atoms. The fourth-order valence-electron chi connectivity index (χ4n) is 3.50. The summed E-state index contributed by atoms with van der Waals surface area (Å²) >= 11 is 15.6. The number of nitrogens with one attached hydrogen (secondary N) is 1. The molecule has 16 heteroatoms. The van der Waals surface area contributed by atoms with Gasteiger partial charge in [-0.2, -0.15) is 0 Å². The maximum atomic E-state index is 12.8. The fourth-order valence-corrected chi connectivity index (χ4v) is 6.86. The summed E-state index contributed by atoms with van der Waals surface area (Å²) in [4.78, 5) is 51.2. The van der Waals surface area contributed by atoms with E-state index in [9.17, 15) is 19.5 Å². The van der Waals surface area contributed by atoms with Crippen molar-refractivity contribution in [3.8, 4) is 0 Å². The van der Waals surface area contributed by atoms with E-state index >= 15 is 0 Å². The number of aliphatic carboxylic acids is 1. The van der Waals surface area contributed by atoms with Crippen LogP contribution in [0.3, 0.4) is 0 Å². The third kappa shape index (κ3) is 6.62. The number of carbonyl (C=O) groups is 3. The normalized spacial score (nSPS) is 19.1. The number of pyridine rings is 1. The largest absolute Gasteiger partial charge is 0.477 e. The van der Waals surface area contributed by atoms with Crippen molar-refractivity contribution in [1.29, 1.82) is 0 Å². The van der Waals surface area contributed by atoms with E-state index in [2.05, 4.69) is 20.3 Å². The molecule has 2 amide bonds. The molecule has 194 valence electrons.